The van der Waals surface area contributed by atoms with E-state index in [0.29, 0.717) is 35.2 Å². The number of rotatable bonds is 9. The number of methoxy groups -OCH3 is 2. The minimum absolute atomic E-state index is 0.0199. The maximum atomic E-state index is 12.6. The van der Waals surface area contributed by atoms with Gasteiger partial charge in [0.25, 0.3) is 5.91 Å². The summed E-state index contributed by atoms with van der Waals surface area (Å²) in [7, 11) is 3.02. The van der Waals surface area contributed by atoms with Crippen LogP contribution in [-0.2, 0) is 19.1 Å². The van der Waals surface area contributed by atoms with E-state index in [1.807, 2.05) is 6.92 Å². The van der Waals surface area contributed by atoms with Crippen molar-refractivity contribution in [2.75, 3.05) is 44.2 Å². The van der Waals surface area contributed by atoms with E-state index in [2.05, 4.69) is 5.32 Å². The average molecular weight is 442 g/mol. The molecule has 0 bridgehead atoms. The molecule has 1 fully saturated rings. The van der Waals surface area contributed by atoms with Crippen molar-refractivity contribution in [3.05, 3.63) is 42.5 Å². The summed E-state index contributed by atoms with van der Waals surface area (Å²) in [5.74, 6) is -0.476. The molecule has 1 aliphatic heterocycles. The first-order valence-electron chi connectivity index (χ1n) is 10.2. The van der Waals surface area contributed by atoms with Crippen LogP contribution in [0, 0.1) is 5.92 Å². The largest absolute Gasteiger partial charge is 0.497 e. The number of nitrogens with zero attached hydrogens (tertiary/aromatic N) is 1. The zero-order valence-corrected chi connectivity index (χ0v) is 18.3. The van der Waals surface area contributed by atoms with Gasteiger partial charge in [-0.25, -0.2) is 0 Å². The van der Waals surface area contributed by atoms with Gasteiger partial charge in [0.1, 0.15) is 17.2 Å². The van der Waals surface area contributed by atoms with Crippen LogP contribution < -0.4 is 24.4 Å². The molecule has 1 atom stereocenters. The quantitative estimate of drug-likeness (QED) is 0.596. The minimum atomic E-state index is -0.693. The Balaban J connectivity index is 1.59. The maximum Gasteiger partial charge on any atom is 0.311 e. The molecule has 1 N–H and O–H groups in total. The molecule has 0 unspecified atom stereocenters. The Morgan fingerprint density at radius 2 is 1.88 bits per heavy atom. The van der Waals surface area contributed by atoms with Gasteiger partial charge in [0.15, 0.2) is 6.61 Å². The van der Waals surface area contributed by atoms with Crippen molar-refractivity contribution < 1.29 is 33.3 Å². The predicted molar refractivity (Wildman–Crippen MR) is 117 cm³/mol. The van der Waals surface area contributed by atoms with Crippen LogP contribution in [-0.4, -0.2) is 51.8 Å². The highest BCUT2D eigenvalue weighted by atomic mass is 16.5. The maximum absolute atomic E-state index is 12.6. The number of hydrogen-bond acceptors (Lipinski definition) is 7. The molecule has 9 heteroatoms. The van der Waals surface area contributed by atoms with E-state index < -0.39 is 24.4 Å². The van der Waals surface area contributed by atoms with Gasteiger partial charge < -0.3 is 29.2 Å². The molecule has 0 aromatic heterocycles. The molecule has 0 spiro atoms. The van der Waals surface area contributed by atoms with E-state index in [4.69, 9.17) is 18.9 Å². The minimum Gasteiger partial charge on any atom is -0.497 e. The molecule has 0 saturated carbocycles. The van der Waals surface area contributed by atoms with E-state index in [9.17, 15) is 14.4 Å². The first-order valence-corrected chi connectivity index (χ1v) is 10.2. The number of anilines is 2. The van der Waals surface area contributed by atoms with Crippen LogP contribution in [0.4, 0.5) is 11.4 Å². The number of hydrogen-bond donors (Lipinski definition) is 1. The van der Waals surface area contributed by atoms with Gasteiger partial charge in [0, 0.05) is 19.0 Å². The molecule has 1 saturated heterocycles. The Bertz CT molecular complexity index is 992. The molecule has 3 rings (SSSR count). The van der Waals surface area contributed by atoms with Gasteiger partial charge in [0.05, 0.1) is 38.1 Å². The van der Waals surface area contributed by atoms with E-state index in [1.165, 1.54) is 19.1 Å². The van der Waals surface area contributed by atoms with E-state index >= 15 is 0 Å². The van der Waals surface area contributed by atoms with Gasteiger partial charge in [-0.2, -0.15) is 0 Å². The van der Waals surface area contributed by atoms with Crippen LogP contribution in [0.15, 0.2) is 42.5 Å². The third-order valence-corrected chi connectivity index (χ3v) is 4.94. The SMILES string of the molecule is CCOc1ccccc1NC(=O)COC(=O)[C@H]1CC(=O)N(c2cc(OC)ccc2OC)C1. The third-order valence-electron chi connectivity index (χ3n) is 4.94. The Morgan fingerprint density at radius 1 is 1.09 bits per heavy atom. The molecule has 1 aliphatic rings. The molecule has 0 radical (unpaired) electrons. The molecular weight excluding hydrogens is 416 g/mol. The van der Waals surface area contributed by atoms with Crippen molar-refractivity contribution in [2.45, 2.75) is 13.3 Å². The van der Waals surface area contributed by atoms with E-state index in [1.54, 1.807) is 42.5 Å². The number of esters is 1. The lowest BCUT2D eigenvalue weighted by Gasteiger charge is -2.20. The second kappa shape index (κ2) is 10.5. The highest BCUT2D eigenvalue weighted by molar-refractivity contribution is 6.01. The summed E-state index contributed by atoms with van der Waals surface area (Å²) in [6.07, 6.45) is -0.0199. The standard InChI is InChI=1S/C23H26N2O7/c1-4-31-19-8-6-5-7-17(19)24-21(26)14-32-23(28)15-11-22(27)25(13-15)18-12-16(29-2)9-10-20(18)30-3/h5-10,12,15H,4,11,13-14H2,1-3H3,(H,24,26)/t15-/m0/s1. The van der Waals surface area contributed by atoms with Crippen LogP contribution in [0.5, 0.6) is 17.2 Å². The predicted octanol–water partition coefficient (Wildman–Crippen LogP) is 2.64. The second-order valence-electron chi connectivity index (χ2n) is 7.03. The molecule has 32 heavy (non-hydrogen) atoms. The van der Waals surface area contributed by atoms with E-state index in [0.717, 1.165) is 0 Å². The summed E-state index contributed by atoms with van der Waals surface area (Å²) in [5.41, 5.74) is 1.00. The monoisotopic (exact) mass is 442 g/mol. The fraction of sp³-hybridized carbons (Fsp3) is 0.348. The molecule has 170 valence electrons. The highest BCUT2D eigenvalue weighted by Gasteiger charge is 2.37. The van der Waals surface area contributed by atoms with Crippen LogP contribution in [0.3, 0.4) is 0 Å². The van der Waals surface area contributed by atoms with Gasteiger partial charge in [-0.15, -0.1) is 0 Å². The molecular formula is C23H26N2O7. The average Bonchev–Trinajstić information content (AvgIpc) is 3.20. The van der Waals surface area contributed by atoms with Crippen LogP contribution in [0.2, 0.25) is 0 Å². The molecule has 1 heterocycles. The lowest BCUT2D eigenvalue weighted by molar-refractivity contribution is -0.151. The summed E-state index contributed by atoms with van der Waals surface area (Å²) in [6.45, 7) is 1.95. The van der Waals surface area contributed by atoms with Crippen LogP contribution >= 0.6 is 0 Å². The van der Waals surface area contributed by atoms with Gasteiger partial charge >= 0.3 is 5.97 Å². The number of carbonyl (C=O) groups is 3. The normalized spacial score (nSPS) is 15.3. The smallest absolute Gasteiger partial charge is 0.311 e. The molecule has 9 nitrogen and oxygen atoms in total. The number of carbonyl (C=O) groups excluding carboxylic acids is 3. The van der Waals surface area contributed by atoms with Gasteiger partial charge in [0.2, 0.25) is 5.91 Å². The summed E-state index contributed by atoms with van der Waals surface area (Å²) in [6, 6.07) is 12.1. The summed E-state index contributed by atoms with van der Waals surface area (Å²) in [4.78, 5) is 38.8. The molecule has 0 aliphatic carbocycles. The Kier molecular flexibility index (Phi) is 7.54. The zero-order chi connectivity index (χ0) is 23.1. The topological polar surface area (TPSA) is 103 Å². The van der Waals surface area contributed by atoms with Crippen molar-refractivity contribution >= 4 is 29.2 Å². The van der Waals surface area contributed by atoms with Crippen LogP contribution in [0.25, 0.3) is 0 Å². The first-order chi connectivity index (χ1) is 15.5. The van der Waals surface area contributed by atoms with E-state index in [-0.39, 0.29) is 18.9 Å². The highest BCUT2D eigenvalue weighted by Crippen LogP contribution is 2.36. The van der Waals surface area contributed by atoms with Crippen molar-refractivity contribution in [1.82, 2.24) is 0 Å². The number of benzene rings is 2. The van der Waals surface area contributed by atoms with Crippen molar-refractivity contribution in [2.24, 2.45) is 5.92 Å². The van der Waals surface area contributed by atoms with Crippen molar-refractivity contribution in [1.29, 1.82) is 0 Å². The van der Waals surface area contributed by atoms with Crippen molar-refractivity contribution in [3.63, 3.8) is 0 Å². The number of nitrogens with one attached hydrogen (secondary N) is 1. The Hall–Kier alpha value is -3.75. The summed E-state index contributed by atoms with van der Waals surface area (Å²) >= 11 is 0. The van der Waals surface area contributed by atoms with Gasteiger partial charge in [-0.1, -0.05) is 12.1 Å². The zero-order valence-electron chi connectivity index (χ0n) is 18.3. The summed E-state index contributed by atoms with van der Waals surface area (Å²) in [5, 5.41) is 2.66. The van der Waals surface area contributed by atoms with Crippen LogP contribution in [0.1, 0.15) is 13.3 Å². The first kappa shape index (κ1) is 22.9. The number of amides is 2. The number of ether oxygens (including phenoxy) is 4. The molecule has 2 aromatic carbocycles. The lowest BCUT2D eigenvalue weighted by Crippen LogP contribution is -2.28. The fourth-order valence-electron chi connectivity index (χ4n) is 3.40. The van der Waals surface area contributed by atoms with Crippen molar-refractivity contribution in [3.8, 4) is 17.2 Å². The third kappa shape index (κ3) is 5.29. The molecule has 2 amide bonds. The van der Waals surface area contributed by atoms with Gasteiger partial charge in [-0.05, 0) is 31.2 Å². The Labute approximate surface area is 186 Å². The Morgan fingerprint density at radius 3 is 2.59 bits per heavy atom. The second-order valence-corrected chi connectivity index (χ2v) is 7.03. The number of para-hydroxylation sites is 2. The van der Waals surface area contributed by atoms with Gasteiger partial charge in [-0.3, -0.25) is 14.4 Å². The summed E-state index contributed by atoms with van der Waals surface area (Å²) < 4.78 is 21.2. The lowest BCUT2D eigenvalue weighted by atomic mass is 10.1. The molecule has 2 aromatic rings. The fourth-order valence-corrected chi connectivity index (χ4v) is 3.40.